The van der Waals surface area contributed by atoms with Crippen molar-refractivity contribution in [2.45, 2.75) is 103 Å². The molecule has 0 spiro atoms. The highest BCUT2D eigenvalue weighted by molar-refractivity contribution is 5.07. The lowest BCUT2D eigenvalue weighted by molar-refractivity contribution is -0.113. The molecule has 9 atom stereocenters. The predicted molar refractivity (Wildman–Crippen MR) is 102 cm³/mol. The highest BCUT2D eigenvalue weighted by atomic mass is 16.3. The second-order valence-corrected chi connectivity index (χ2v) is 10.6. The van der Waals surface area contributed by atoms with Gasteiger partial charge in [0.25, 0.3) is 0 Å². The molecular formula is C23H40O2. The van der Waals surface area contributed by atoms with Gasteiger partial charge in [-0.25, -0.2) is 0 Å². The summed E-state index contributed by atoms with van der Waals surface area (Å²) in [6.45, 7) is 6.74. The van der Waals surface area contributed by atoms with Crippen molar-refractivity contribution in [1.29, 1.82) is 0 Å². The van der Waals surface area contributed by atoms with Crippen LogP contribution in [0.15, 0.2) is 0 Å². The summed E-state index contributed by atoms with van der Waals surface area (Å²) in [7, 11) is 0. The van der Waals surface area contributed by atoms with E-state index in [2.05, 4.69) is 13.8 Å². The molecule has 4 aliphatic rings. The van der Waals surface area contributed by atoms with E-state index >= 15 is 0 Å². The van der Waals surface area contributed by atoms with Gasteiger partial charge in [-0.3, -0.25) is 0 Å². The molecule has 144 valence electrons. The van der Waals surface area contributed by atoms with Crippen LogP contribution in [0.2, 0.25) is 0 Å². The molecule has 0 aromatic rings. The second kappa shape index (κ2) is 6.51. The third-order valence-corrected chi connectivity index (χ3v) is 9.47. The fourth-order valence-corrected chi connectivity index (χ4v) is 8.49. The minimum Gasteiger partial charge on any atom is -0.393 e. The molecule has 0 radical (unpaired) electrons. The van der Waals surface area contributed by atoms with E-state index in [1.165, 1.54) is 44.9 Å². The minimum atomic E-state index is -0.350. The standard InChI is InChI=1S/C23H40O2/c1-4-11-23(25)13-10-17-16(14-23)5-6-19-18(17)9-12-22(3)20(15(2)24)7-8-21(19)22/h15-21,24-25H,4-14H2,1-3H3/t15-,16+,17-,18+,19+,20?,21-,22+,23+/m0/s1. The van der Waals surface area contributed by atoms with E-state index in [-0.39, 0.29) is 11.7 Å². The van der Waals surface area contributed by atoms with E-state index in [9.17, 15) is 10.2 Å². The van der Waals surface area contributed by atoms with Gasteiger partial charge in [-0.2, -0.15) is 0 Å². The van der Waals surface area contributed by atoms with Crippen molar-refractivity contribution < 1.29 is 10.2 Å². The highest BCUT2D eigenvalue weighted by Gasteiger charge is 2.58. The van der Waals surface area contributed by atoms with E-state index < -0.39 is 0 Å². The van der Waals surface area contributed by atoms with Crippen LogP contribution in [0.1, 0.15) is 91.4 Å². The topological polar surface area (TPSA) is 40.5 Å². The molecule has 0 saturated heterocycles. The lowest BCUT2D eigenvalue weighted by Gasteiger charge is -2.57. The monoisotopic (exact) mass is 348 g/mol. The molecule has 0 aromatic carbocycles. The van der Waals surface area contributed by atoms with Gasteiger partial charge in [0, 0.05) is 0 Å². The Hall–Kier alpha value is -0.0800. The minimum absolute atomic E-state index is 0.137. The van der Waals surface area contributed by atoms with Gasteiger partial charge in [0.2, 0.25) is 0 Å². The van der Waals surface area contributed by atoms with Crippen molar-refractivity contribution in [3.8, 4) is 0 Å². The average molecular weight is 349 g/mol. The molecule has 4 aliphatic carbocycles. The molecule has 0 heterocycles. The lowest BCUT2D eigenvalue weighted by atomic mass is 9.48. The molecule has 1 unspecified atom stereocenters. The summed E-state index contributed by atoms with van der Waals surface area (Å²) in [5, 5.41) is 21.3. The van der Waals surface area contributed by atoms with Gasteiger partial charge in [0.15, 0.2) is 0 Å². The van der Waals surface area contributed by atoms with Crippen LogP contribution in [-0.2, 0) is 0 Å². The average Bonchev–Trinajstić information content (AvgIpc) is 2.91. The Morgan fingerprint density at radius 1 is 0.960 bits per heavy atom. The van der Waals surface area contributed by atoms with E-state index in [0.717, 1.165) is 55.3 Å². The molecule has 25 heavy (non-hydrogen) atoms. The third kappa shape index (κ3) is 2.90. The Balaban J connectivity index is 1.50. The summed E-state index contributed by atoms with van der Waals surface area (Å²) >= 11 is 0. The van der Waals surface area contributed by atoms with Crippen molar-refractivity contribution in [2.75, 3.05) is 0 Å². The first kappa shape index (κ1) is 18.3. The summed E-state index contributed by atoms with van der Waals surface area (Å²) < 4.78 is 0. The number of hydrogen-bond donors (Lipinski definition) is 2. The van der Waals surface area contributed by atoms with Crippen molar-refractivity contribution in [1.82, 2.24) is 0 Å². The Labute approximate surface area is 154 Å². The molecule has 4 rings (SSSR count). The van der Waals surface area contributed by atoms with E-state index in [1.54, 1.807) is 0 Å². The molecule has 2 nitrogen and oxygen atoms in total. The summed E-state index contributed by atoms with van der Waals surface area (Å²) in [5.41, 5.74) is 0.0382. The third-order valence-electron chi connectivity index (χ3n) is 9.47. The molecule has 2 N–H and O–H groups in total. The molecule has 0 aliphatic heterocycles. The second-order valence-electron chi connectivity index (χ2n) is 10.6. The number of rotatable bonds is 3. The zero-order valence-electron chi connectivity index (χ0n) is 16.7. The highest BCUT2D eigenvalue weighted by Crippen LogP contribution is 2.65. The maximum Gasteiger partial charge on any atom is 0.0650 e. The van der Waals surface area contributed by atoms with Gasteiger partial charge in [-0.05, 0) is 112 Å². The van der Waals surface area contributed by atoms with E-state index in [1.807, 2.05) is 6.92 Å². The molecule has 0 amide bonds. The van der Waals surface area contributed by atoms with Gasteiger partial charge in [0.1, 0.15) is 0 Å². The Kier molecular flexibility index (Phi) is 4.77. The van der Waals surface area contributed by atoms with Crippen LogP contribution in [-0.4, -0.2) is 21.9 Å². The molecular weight excluding hydrogens is 308 g/mol. The van der Waals surface area contributed by atoms with Gasteiger partial charge in [-0.1, -0.05) is 20.3 Å². The summed E-state index contributed by atoms with van der Waals surface area (Å²) in [6.07, 6.45) is 13.4. The van der Waals surface area contributed by atoms with Crippen molar-refractivity contribution in [3.05, 3.63) is 0 Å². The zero-order valence-corrected chi connectivity index (χ0v) is 16.7. The van der Waals surface area contributed by atoms with Gasteiger partial charge < -0.3 is 10.2 Å². The molecule has 0 bridgehead atoms. The Morgan fingerprint density at radius 2 is 1.72 bits per heavy atom. The summed E-state index contributed by atoms with van der Waals surface area (Å²) in [6, 6.07) is 0. The molecule has 4 saturated carbocycles. The smallest absolute Gasteiger partial charge is 0.0650 e. The first-order chi connectivity index (χ1) is 11.9. The van der Waals surface area contributed by atoms with Crippen LogP contribution >= 0.6 is 0 Å². The molecule has 0 aromatic heterocycles. The van der Waals surface area contributed by atoms with Gasteiger partial charge in [-0.15, -0.1) is 0 Å². The quantitative estimate of drug-likeness (QED) is 0.739. The van der Waals surface area contributed by atoms with Crippen molar-refractivity contribution in [2.24, 2.45) is 40.9 Å². The van der Waals surface area contributed by atoms with Crippen LogP contribution < -0.4 is 0 Å². The number of fused-ring (bicyclic) bond motifs is 5. The van der Waals surface area contributed by atoms with Crippen LogP contribution in [0.25, 0.3) is 0 Å². The maximum atomic E-state index is 11.0. The fourth-order valence-electron chi connectivity index (χ4n) is 8.49. The fraction of sp³-hybridized carbons (Fsp3) is 1.00. The Bertz CT molecular complexity index is 488. The Morgan fingerprint density at radius 3 is 2.44 bits per heavy atom. The molecule has 2 heteroatoms. The first-order valence-corrected chi connectivity index (χ1v) is 11.3. The SMILES string of the molecule is CCC[C@@]1(O)CC[C@H]2[C@H](CC[C@@H]3[C@@H]2CC[C@]2(C)C([C@H](C)O)CC[C@@H]32)C1. The number of aliphatic hydroxyl groups excluding tert-OH is 1. The first-order valence-electron chi connectivity index (χ1n) is 11.3. The van der Waals surface area contributed by atoms with Gasteiger partial charge in [0.05, 0.1) is 11.7 Å². The van der Waals surface area contributed by atoms with E-state index in [4.69, 9.17) is 0 Å². The maximum absolute atomic E-state index is 11.0. The van der Waals surface area contributed by atoms with Crippen LogP contribution in [0, 0.1) is 40.9 Å². The summed E-state index contributed by atoms with van der Waals surface area (Å²) in [5.74, 6) is 4.85. The normalized spacial score (nSPS) is 53.6. The lowest BCUT2D eigenvalue weighted by Crippen LogP contribution is -2.51. The van der Waals surface area contributed by atoms with E-state index in [0.29, 0.717) is 11.3 Å². The van der Waals surface area contributed by atoms with Crippen LogP contribution in [0.4, 0.5) is 0 Å². The predicted octanol–water partition coefficient (Wildman–Crippen LogP) is 5.17. The van der Waals surface area contributed by atoms with Gasteiger partial charge >= 0.3 is 0 Å². The molecule has 4 fully saturated rings. The van der Waals surface area contributed by atoms with Crippen LogP contribution in [0.3, 0.4) is 0 Å². The largest absolute Gasteiger partial charge is 0.393 e. The van der Waals surface area contributed by atoms with Crippen molar-refractivity contribution >= 4 is 0 Å². The zero-order chi connectivity index (χ0) is 17.8. The van der Waals surface area contributed by atoms with Crippen LogP contribution in [0.5, 0.6) is 0 Å². The number of aliphatic hydroxyl groups is 2. The number of hydrogen-bond acceptors (Lipinski definition) is 2. The van der Waals surface area contributed by atoms with Crippen molar-refractivity contribution in [3.63, 3.8) is 0 Å². The summed E-state index contributed by atoms with van der Waals surface area (Å²) in [4.78, 5) is 0.